The van der Waals surface area contributed by atoms with Gasteiger partial charge < -0.3 is 10.6 Å². The van der Waals surface area contributed by atoms with Crippen molar-refractivity contribution in [2.24, 2.45) is 0 Å². The summed E-state index contributed by atoms with van der Waals surface area (Å²) in [4.78, 5) is 0. The topological polar surface area (TPSA) is 24.1 Å². The van der Waals surface area contributed by atoms with Gasteiger partial charge in [-0.3, -0.25) is 0 Å². The van der Waals surface area contributed by atoms with Crippen LogP contribution in [-0.4, -0.2) is 11.7 Å². The van der Waals surface area contributed by atoms with Crippen LogP contribution in [0.5, 0.6) is 0 Å². The van der Waals surface area contributed by atoms with Gasteiger partial charge in [0.25, 0.3) is 0 Å². The predicted molar refractivity (Wildman–Crippen MR) is 90.5 cm³/mol. The Hall–Kier alpha value is -1.65. The van der Waals surface area contributed by atoms with E-state index in [9.17, 15) is 4.39 Å². The van der Waals surface area contributed by atoms with Crippen LogP contribution in [0.25, 0.3) is 0 Å². The maximum atomic E-state index is 13.1. The van der Waals surface area contributed by atoms with Gasteiger partial charge in [-0.05, 0) is 41.9 Å². The number of benzene rings is 2. The zero-order valence-electron chi connectivity index (χ0n) is 11.6. The van der Waals surface area contributed by atoms with Crippen molar-refractivity contribution in [1.82, 2.24) is 5.32 Å². The van der Waals surface area contributed by atoms with Crippen LogP contribution in [0.1, 0.15) is 18.4 Å². The standard InChI is InChI=1S/C16H16ClFN2S/c1-11(12-5-3-2-4-6-12)10-19-16(21)20-13-7-8-15(18)14(17)9-13/h2-9,11H,10H2,1H3,(H2,19,20,21)/t11-/m1/s1. The van der Waals surface area contributed by atoms with E-state index in [1.807, 2.05) is 18.2 Å². The van der Waals surface area contributed by atoms with Crippen molar-refractivity contribution in [1.29, 1.82) is 0 Å². The van der Waals surface area contributed by atoms with E-state index < -0.39 is 5.82 Å². The van der Waals surface area contributed by atoms with Gasteiger partial charge in [-0.15, -0.1) is 0 Å². The van der Waals surface area contributed by atoms with Gasteiger partial charge >= 0.3 is 0 Å². The van der Waals surface area contributed by atoms with Gasteiger partial charge in [0, 0.05) is 12.2 Å². The van der Waals surface area contributed by atoms with Crippen LogP contribution in [0.3, 0.4) is 0 Å². The van der Waals surface area contributed by atoms with Crippen LogP contribution in [-0.2, 0) is 0 Å². The molecule has 0 aliphatic rings. The molecule has 5 heteroatoms. The van der Waals surface area contributed by atoms with E-state index in [1.54, 1.807) is 6.07 Å². The predicted octanol–water partition coefficient (Wildman–Crippen LogP) is 4.57. The van der Waals surface area contributed by atoms with Crippen molar-refractivity contribution in [3.05, 3.63) is 64.9 Å². The number of thiocarbonyl (C=S) groups is 1. The molecule has 0 amide bonds. The fourth-order valence-electron chi connectivity index (χ4n) is 1.89. The number of hydrogen-bond donors (Lipinski definition) is 2. The lowest BCUT2D eigenvalue weighted by Crippen LogP contribution is -2.31. The molecule has 21 heavy (non-hydrogen) atoms. The third-order valence-electron chi connectivity index (χ3n) is 3.11. The van der Waals surface area contributed by atoms with Gasteiger partial charge in [0.2, 0.25) is 0 Å². The molecule has 2 aromatic rings. The molecule has 0 bridgehead atoms. The molecule has 0 unspecified atom stereocenters. The number of rotatable bonds is 4. The lowest BCUT2D eigenvalue weighted by atomic mass is 10.0. The van der Waals surface area contributed by atoms with E-state index in [0.717, 1.165) is 0 Å². The van der Waals surface area contributed by atoms with Gasteiger partial charge in [-0.2, -0.15) is 0 Å². The van der Waals surface area contributed by atoms with E-state index in [-0.39, 0.29) is 5.02 Å². The Bertz CT molecular complexity index is 619. The Morgan fingerprint density at radius 3 is 2.62 bits per heavy atom. The number of halogens is 2. The summed E-state index contributed by atoms with van der Waals surface area (Å²) in [7, 11) is 0. The molecule has 2 aromatic carbocycles. The van der Waals surface area contributed by atoms with Gasteiger partial charge in [0.05, 0.1) is 5.02 Å². The molecule has 2 N–H and O–H groups in total. The zero-order valence-corrected chi connectivity index (χ0v) is 13.1. The van der Waals surface area contributed by atoms with Crippen LogP contribution >= 0.6 is 23.8 Å². The van der Waals surface area contributed by atoms with Crippen LogP contribution in [0.15, 0.2) is 48.5 Å². The molecule has 0 heterocycles. The van der Waals surface area contributed by atoms with E-state index in [4.69, 9.17) is 23.8 Å². The Morgan fingerprint density at radius 2 is 1.95 bits per heavy atom. The lowest BCUT2D eigenvalue weighted by Gasteiger charge is -2.15. The molecule has 0 saturated heterocycles. The second-order valence-corrected chi connectivity index (χ2v) is 5.59. The molecule has 2 nitrogen and oxygen atoms in total. The third kappa shape index (κ3) is 4.69. The Morgan fingerprint density at radius 1 is 1.24 bits per heavy atom. The summed E-state index contributed by atoms with van der Waals surface area (Å²) in [5.74, 6) is -0.110. The number of anilines is 1. The van der Waals surface area contributed by atoms with Crippen LogP contribution < -0.4 is 10.6 Å². The summed E-state index contributed by atoms with van der Waals surface area (Å²) >= 11 is 10.9. The van der Waals surface area contributed by atoms with Crippen LogP contribution in [0.2, 0.25) is 5.02 Å². The molecule has 0 fully saturated rings. The van der Waals surface area contributed by atoms with Crippen molar-refractivity contribution in [3.8, 4) is 0 Å². The summed E-state index contributed by atoms with van der Waals surface area (Å²) in [6.07, 6.45) is 0. The molecule has 0 spiro atoms. The summed E-state index contributed by atoms with van der Waals surface area (Å²) < 4.78 is 13.1. The van der Waals surface area contributed by atoms with Gasteiger partial charge in [-0.25, -0.2) is 4.39 Å². The Balaban J connectivity index is 1.86. The largest absolute Gasteiger partial charge is 0.362 e. The maximum Gasteiger partial charge on any atom is 0.170 e. The number of hydrogen-bond acceptors (Lipinski definition) is 1. The SMILES string of the molecule is C[C@H](CNC(=S)Nc1ccc(F)c(Cl)c1)c1ccccc1. The highest BCUT2D eigenvalue weighted by Crippen LogP contribution is 2.19. The second kappa shape index (κ2) is 7.38. The number of nitrogens with one attached hydrogen (secondary N) is 2. The van der Waals surface area contributed by atoms with Crippen molar-refractivity contribution in [2.45, 2.75) is 12.8 Å². The van der Waals surface area contributed by atoms with Gasteiger partial charge in [0.1, 0.15) is 5.82 Å². The highest BCUT2D eigenvalue weighted by atomic mass is 35.5. The van der Waals surface area contributed by atoms with Gasteiger partial charge in [-0.1, -0.05) is 48.9 Å². The van der Waals surface area contributed by atoms with Crippen molar-refractivity contribution in [2.75, 3.05) is 11.9 Å². The Kier molecular flexibility index (Phi) is 5.53. The van der Waals surface area contributed by atoms with Crippen molar-refractivity contribution in [3.63, 3.8) is 0 Å². The molecule has 0 aliphatic carbocycles. The summed E-state index contributed by atoms with van der Waals surface area (Å²) in [5.41, 5.74) is 1.91. The summed E-state index contributed by atoms with van der Waals surface area (Å²) in [6.45, 7) is 2.84. The average molecular weight is 323 g/mol. The summed E-state index contributed by atoms with van der Waals surface area (Å²) in [5, 5.41) is 6.69. The van der Waals surface area contributed by atoms with Crippen LogP contribution in [0.4, 0.5) is 10.1 Å². The highest BCUT2D eigenvalue weighted by Gasteiger charge is 2.06. The van der Waals surface area contributed by atoms with Gasteiger partial charge in [0.15, 0.2) is 5.11 Å². The molecule has 0 radical (unpaired) electrons. The van der Waals surface area contributed by atoms with E-state index >= 15 is 0 Å². The first kappa shape index (κ1) is 15.7. The fourth-order valence-corrected chi connectivity index (χ4v) is 2.28. The molecule has 110 valence electrons. The van der Waals surface area contributed by atoms with Crippen LogP contribution in [0, 0.1) is 5.82 Å². The molecule has 0 saturated carbocycles. The molecule has 0 aliphatic heterocycles. The smallest absolute Gasteiger partial charge is 0.170 e. The normalized spacial score (nSPS) is 11.8. The minimum atomic E-state index is -0.446. The molecular weight excluding hydrogens is 307 g/mol. The molecule has 0 aromatic heterocycles. The van der Waals surface area contributed by atoms with Crippen molar-refractivity contribution >= 4 is 34.6 Å². The van der Waals surface area contributed by atoms with E-state index in [2.05, 4.69) is 29.7 Å². The fraction of sp³-hybridized carbons (Fsp3) is 0.188. The molecule has 1 atom stereocenters. The first-order valence-electron chi connectivity index (χ1n) is 6.61. The van der Waals surface area contributed by atoms with E-state index in [0.29, 0.717) is 23.3 Å². The quantitative estimate of drug-likeness (QED) is 0.806. The third-order valence-corrected chi connectivity index (χ3v) is 3.65. The average Bonchev–Trinajstić information content (AvgIpc) is 2.49. The second-order valence-electron chi connectivity index (χ2n) is 4.78. The van der Waals surface area contributed by atoms with E-state index in [1.165, 1.54) is 17.7 Å². The highest BCUT2D eigenvalue weighted by molar-refractivity contribution is 7.80. The monoisotopic (exact) mass is 322 g/mol. The lowest BCUT2D eigenvalue weighted by molar-refractivity contribution is 0.628. The molecule has 2 rings (SSSR count). The van der Waals surface area contributed by atoms with Crippen molar-refractivity contribution < 1.29 is 4.39 Å². The molecular formula is C16H16ClFN2S. The Labute approximate surface area is 134 Å². The maximum absolute atomic E-state index is 13.1. The first-order chi connectivity index (χ1) is 10.1. The first-order valence-corrected chi connectivity index (χ1v) is 7.39. The summed E-state index contributed by atoms with van der Waals surface area (Å²) in [6, 6.07) is 14.6. The zero-order chi connectivity index (χ0) is 15.2. The minimum Gasteiger partial charge on any atom is -0.362 e. The minimum absolute atomic E-state index is 0.0699.